The Bertz CT molecular complexity index is 71.0. The molecule has 0 bridgehead atoms. The minimum Gasteiger partial charge on any atom is -0.373 e. The molecule has 4 heteroatoms. The van der Waals surface area contributed by atoms with Gasteiger partial charge in [0, 0.05) is 43.7 Å². The summed E-state index contributed by atoms with van der Waals surface area (Å²) >= 11 is 4.24. The van der Waals surface area contributed by atoms with Crippen LogP contribution in [0.5, 0.6) is 0 Å². The Hall–Kier alpha value is 1.38. The normalized spacial score (nSPS) is 36.7. The van der Waals surface area contributed by atoms with Gasteiger partial charge >= 0.3 is 0 Å². The van der Waals surface area contributed by atoms with Crippen molar-refractivity contribution in [3.8, 4) is 0 Å². The van der Waals surface area contributed by atoms with Crippen LogP contribution in [0, 0.1) is 0 Å². The molecule has 2 nitrogen and oxygen atoms in total. The van der Waals surface area contributed by atoms with E-state index in [1.807, 2.05) is 0 Å². The number of halogens is 2. The van der Waals surface area contributed by atoms with E-state index in [9.17, 15) is 0 Å². The van der Waals surface area contributed by atoms with E-state index < -0.39 is 0 Å². The zero-order valence-electron chi connectivity index (χ0n) is 4.85. The van der Waals surface area contributed by atoms with Crippen LogP contribution in [0.25, 0.3) is 0 Å². The lowest BCUT2D eigenvalue weighted by atomic mass is 10.3. The first-order valence-electron chi connectivity index (χ1n) is 2.82. The van der Waals surface area contributed by atoms with E-state index in [2.05, 4.69) is 37.2 Å². The molecule has 2 rings (SSSR count). The van der Waals surface area contributed by atoms with Gasteiger partial charge in [-0.15, -0.1) is 0 Å². The maximum absolute atomic E-state index is 4.98. The van der Waals surface area contributed by atoms with Crippen LogP contribution < -0.4 is 0 Å². The van der Waals surface area contributed by atoms with E-state index in [0.717, 1.165) is 19.6 Å². The molecule has 2 atom stereocenters. The smallest absolute Gasteiger partial charge is 0.0835 e. The van der Waals surface area contributed by atoms with Crippen LogP contribution >= 0.6 is 37.2 Å². The van der Waals surface area contributed by atoms with E-state index in [1.165, 1.54) is 0 Å². The summed E-state index contributed by atoms with van der Waals surface area (Å²) in [6.45, 7) is 1.94. The Morgan fingerprint density at radius 3 is 1.67 bits per heavy atom. The first-order valence-corrected chi connectivity index (χ1v) is 9.11. The number of rotatable bonds is 2. The fourth-order valence-corrected chi connectivity index (χ4v) is 0.701. The number of epoxide rings is 2. The van der Waals surface area contributed by atoms with Crippen LogP contribution in [0.2, 0.25) is 0 Å². The highest BCUT2D eigenvalue weighted by Gasteiger charge is 2.32. The fraction of sp³-hybridized carbons (Fsp3) is 1.00. The van der Waals surface area contributed by atoms with E-state index in [0.29, 0.717) is 12.2 Å². The fourth-order valence-electron chi connectivity index (χ4n) is 0.701. The molecule has 54 valence electrons. The van der Waals surface area contributed by atoms with E-state index in [-0.39, 0.29) is 0 Å². The first-order chi connectivity index (χ1) is 4.45. The van der Waals surface area contributed by atoms with Gasteiger partial charge in [0.05, 0.1) is 25.4 Å². The Kier molecular flexibility index (Phi) is 4.05. The monoisotopic (exact) mass is 354 g/mol. The molecule has 0 N–H and O–H groups in total. The number of hydrogen-bond acceptors (Lipinski definition) is 2. The van der Waals surface area contributed by atoms with Crippen LogP contribution in [0.15, 0.2) is 0 Å². The molecular formula is C5H8I2O2. The molecule has 0 spiro atoms. The van der Waals surface area contributed by atoms with E-state index >= 15 is 0 Å². The predicted molar refractivity (Wildman–Crippen MR) is 52.1 cm³/mol. The van der Waals surface area contributed by atoms with Crippen molar-refractivity contribution in [2.24, 2.45) is 0 Å². The van der Waals surface area contributed by atoms with Gasteiger partial charge in [-0.25, -0.2) is 0 Å². The van der Waals surface area contributed by atoms with Gasteiger partial charge in [0.15, 0.2) is 0 Å². The summed E-state index contributed by atoms with van der Waals surface area (Å²) in [5.74, 6) is 0. The zero-order chi connectivity index (χ0) is 6.69. The van der Waals surface area contributed by atoms with Gasteiger partial charge in [-0.2, -0.15) is 0 Å². The average molecular weight is 354 g/mol. The van der Waals surface area contributed by atoms with Crippen molar-refractivity contribution in [1.82, 2.24) is 0 Å². The summed E-state index contributed by atoms with van der Waals surface area (Å²) in [7, 11) is 0. The van der Waals surface area contributed by atoms with E-state index in [4.69, 9.17) is 9.47 Å². The summed E-state index contributed by atoms with van der Waals surface area (Å²) in [5.41, 5.74) is 0. The van der Waals surface area contributed by atoms with Crippen molar-refractivity contribution in [2.45, 2.75) is 18.6 Å². The molecule has 0 aromatic carbocycles. The van der Waals surface area contributed by atoms with Crippen molar-refractivity contribution in [2.75, 3.05) is 13.2 Å². The Morgan fingerprint density at radius 1 is 1.11 bits per heavy atom. The molecule has 0 aromatic rings. The maximum atomic E-state index is 4.98. The van der Waals surface area contributed by atoms with E-state index in [1.54, 1.807) is 0 Å². The molecule has 0 saturated carbocycles. The highest BCUT2D eigenvalue weighted by atomic mass is 128. The van der Waals surface area contributed by atoms with Crippen molar-refractivity contribution in [3.63, 3.8) is 0 Å². The van der Waals surface area contributed by atoms with Gasteiger partial charge in [-0.1, -0.05) is 0 Å². The van der Waals surface area contributed by atoms with Crippen LogP contribution in [0.4, 0.5) is 0 Å². The van der Waals surface area contributed by atoms with Gasteiger partial charge in [-0.3, -0.25) is 0 Å². The third-order valence-corrected chi connectivity index (χ3v) is 1.33. The van der Waals surface area contributed by atoms with Crippen LogP contribution in [-0.2, 0) is 9.47 Å². The molecule has 2 aliphatic rings. The Balaban J connectivity index is 0.000000186. The average Bonchev–Trinajstić information content (AvgIpc) is 2.70. The molecule has 2 fully saturated rings. The Morgan fingerprint density at radius 2 is 1.44 bits per heavy atom. The summed E-state index contributed by atoms with van der Waals surface area (Å²) in [6.07, 6.45) is 2.26. The summed E-state index contributed by atoms with van der Waals surface area (Å²) < 4.78 is 9.96. The second-order valence-corrected chi connectivity index (χ2v) is 2.15. The third-order valence-electron chi connectivity index (χ3n) is 1.33. The standard InChI is InChI=1S/C5H8O2.I2/c1(4-2-6-4)5-3-7-5;1-2/h4-5H,1-3H2;. The molecule has 2 unspecified atom stereocenters. The SMILES string of the molecule is C1OC1CC1CO1.II. The molecule has 0 aliphatic carbocycles. The van der Waals surface area contributed by atoms with Gasteiger partial charge in [-0.05, 0) is 0 Å². The third kappa shape index (κ3) is 3.94. The predicted octanol–water partition coefficient (Wildman–Crippen LogP) is 1.95. The highest BCUT2D eigenvalue weighted by molar-refractivity contribution is 15.0. The molecule has 2 saturated heterocycles. The number of ether oxygens (including phenoxy) is 2. The quantitative estimate of drug-likeness (QED) is 0.560. The summed E-state index contributed by atoms with van der Waals surface area (Å²) in [4.78, 5) is 0. The molecule has 0 aromatic heterocycles. The lowest BCUT2D eigenvalue weighted by Gasteiger charge is -1.80. The first kappa shape index (κ1) is 8.48. The topological polar surface area (TPSA) is 25.1 Å². The van der Waals surface area contributed by atoms with Gasteiger partial charge in [0.25, 0.3) is 0 Å². The van der Waals surface area contributed by atoms with Gasteiger partial charge < -0.3 is 9.47 Å². The highest BCUT2D eigenvalue weighted by Crippen LogP contribution is 2.23. The van der Waals surface area contributed by atoms with Crippen molar-refractivity contribution < 1.29 is 9.47 Å². The van der Waals surface area contributed by atoms with Crippen molar-refractivity contribution in [3.05, 3.63) is 0 Å². The van der Waals surface area contributed by atoms with Crippen LogP contribution in [-0.4, -0.2) is 25.4 Å². The zero-order valence-corrected chi connectivity index (χ0v) is 9.16. The minimum atomic E-state index is 0.562. The van der Waals surface area contributed by atoms with Crippen LogP contribution in [0.1, 0.15) is 6.42 Å². The summed E-state index contributed by atoms with van der Waals surface area (Å²) in [5, 5.41) is 0. The molecule has 0 radical (unpaired) electrons. The molecule has 9 heavy (non-hydrogen) atoms. The summed E-state index contributed by atoms with van der Waals surface area (Å²) in [6, 6.07) is 0. The molecular weight excluding hydrogens is 346 g/mol. The van der Waals surface area contributed by atoms with Crippen molar-refractivity contribution in [1.29, 1.82) is 0 Å². The lowest BCUT2D eigenvalue weighted by molar-refractivity contribution is 0.344. The maximum Gasteiger partial charge on any atom is 0.0835 e. The van der Waals surface area contributed by atoms with Gasteiger partial charge in [0.2, 0.25) is 0 Å². The van der Waals surface area contributed by atoms with Crippen LogP contribution in [0.3, 0.4) is 0 Å². The minimum absolute atomic E-state index is 0.562. The number of hydrogen-bond donors (Lipinski definition) is 0. The molecule has 2 heterocycles. The van der Waals surface area contributed by atoms with Gasteiger partial charge in [0.1, 0.15) is 0 Å². The second-order valence-electron chi connectivity index (χ2n) is 2.15. The Labute approximate surface area is 78.0 Å². The largest absolute Gasteiger partial charge is 0.373 e. The lowest BCUT2D eigenvalue weighted by Crippen LogP contribution is -1.90. The molecule has 0 amide bonds. The molecule has 2 aliphatic heterocycles. The second kappa shape index (κ2) is 4.30. The van der Waals surface area contributed by atoms with Crippen molar-refractivity contribution >= 4 is 37.2 Å².